The zero-order chi connectivity index (χ0) is 22.8. The summed E-state index contributed by atoms with van der Waals surface area (Å²) in [6.07, 6.45) is 0. The Labute approximate surface area is 183 Å². The summed E-state index contributed by atoms with van der Waals surface area (Å²) in [6, 6.07) is 13.5. The second-order valence-corrected chi connectivity index (χ2v) is 7.52. The lowest BCUT2D eigenvalue weighted by Crippen LogP contribution is -2.46. The van der Waals surface area contributed by atoms with Gasteiger partial charge in [-0.2, -0.15) is 0 Å². The molecule has 2 amide bonds. The van der Waals surface area contributed by atoms with E-state index in [-0.39, 0.29) is 5.92 Å². The van der Waals surface area contributed by atoms with Crippen LogP contribution >= 0.6 is 0 Å². The normalized spacial score (nSPS) is 11.5. The van der Waals surface area contributed by atoms with Crippen LogP contribution in [0, 0.1) is 12.8 Å². The van der Waals surface area contributed by atoms with Crippen molar-refractivity contribution in [3.8, 4) is 5.75 Å². The van der Waals surface area contributed by atoms with Crippen LogP contribution in [0.3, 0.4) is 0 Å². The molecule has 7 heteroatoms. The number of carbonyl (C=O) groups excluding carboxylic acids is 3. The maximum atomic E-state index is 12.5. The molecule has 2 aromatic rings. The number of aryl methyl sites for hydroxylation is 1. The molecule has 0 aliphatic carbocycles. The quantitative estimate of drug-likeness (QED) is 0.570. The Kier molecular flexibility index (Phi) is 9.06. The van der Waals surface area contributed by atoms with Crippen LogP contribution < -0.4 is 15.4 Å². The molecule has 0 bridgehead atoms. The maximum absolute atomic E-state index is 12.5. The fourth-order valence-corrected chi connectivity index (χ4v) is 2.78. The Morgan fingerprint density at radius 1 is 0.968 bits per heavy atom. The SMILES string of the molecule is CCOc1ccc(C(=O)NC(C(=O)OCC(=O)NCc2ccc(C)cc2)C(C)C)cc1. The number of ether oxygens (including phenoxy) is 2. The Morgan fingerprint density at radius 2 is 1.61 bits per heavy atom. The van der Waals surface area contributed by atoms with Gasteiger partial charge in [0.15, 0.2) is 6.61 Å². The van der Waals surface area contributed by atoms with E-state index in [1.807, 2.05) is 38.1 Å². The van der Waals surface area contributed by atoms with Gasteiger partial charge in [-0.1, -0.05) is 43.7 Å². The van der Waals surface area contributed by atoms with Gasteiger partial charge in [-0.3, -0.25) is 9.59 Å². The van der Waals surface area contributed by atoms with Crippen LogP contribution in [0.15, 0.2) is 48.5 Å². The van der Waals surface area contributed by atoms with E-state index < -0.39 is 30.4 Å². The number of carbonyl (C=O) groups is 3. The van der Waals surface area contributed by atoms with E-state index in [1.165, 1.54) is 0 Å². The molecule has 0 radical (unpaired) electrons. The Hall–Kier alpha value is -3.35. The van der Waals surface area contributed by atoms with Crippen molar-refractivity contribution < 1.29 is 23.9 Å². The number of esters is 1. The number of nitrogens with one attached hydrogen (secondary N) is 2. The summed E-state index contributed by atoms with van der Waals surface area (Å²) in [5, 5.41) is 5.39. The molecule has 0 aromatic heterocycles. The van der Waals surface area contributed by atoms with Crippen LogP contribution in [0.5, 0.6) is 5.75 Å². The summed E-state index contributed by atoms with van der Waals surface area (Å²) in [5.41, 5.74) is 2.49. The van der Waals surface area contributed by atoms with Gasteiger partial charge in [0.2, 0.25) is 0 Å². The van der Waals surface area contributed by atoms with E-state index in [2.05, 4.69) is 10.6 Å². The topological polar surface area (TPSA) is 93.7 Å². The third-order valence-corrected chi connectivity index (χ3v) is 4.59. The smallest absolute Gasteiger partial charge is 0.329 e. The van der Waals surface area contributed by atoms with Crippen LogP contribution in [-0.4, -0.2) is 37.0 Å². The molecule has 2 aromatic carbocycles. The third-order valence-electron chi connectivity index (χ3n) is 4.59. The zero-order valence-electron chi connectivity index (χ0n) is 18.4. The number of rotatable bonds is 10. The summed E-state index contributed by atoms with van der Waals surface area (Å²) in [4.78, 5) is 37.0. The van der Waals surface area contributed by atoms with Gasteiger partial charge in [-0.15, -0.1) is 0 Å². The molecule has 166 valence electrons. The maximum Gasteiger partial charge on any atom is 0.329 e. The molecule has 0 saturated carbocycles. The first-order valence-corrected chi connectivity index (χ1v) is 10.3. The molecular weight excluding hydrogens is 396 g/mol. The van der Waals surface area contributed by atoms with Crippen molar-refractivity contribution in [3.63, 3.8) is 0 Å². The minimum absolute atomic E-state index is 0.213. The summed E-state index contributed by atoms with van der Waals surface area (Å²) in [6.45, 7) is 7.92. The molecular formula is C24H30N2O5. The van der Waals surface area contributed by atoms with Gasteiger partial charge >= 0.3 is 5.97 Å². The average molecular weight is 427 g/mol. The van der Waals surface area contributed by atoms with Crippen molar-refractivity contribution in [1.82, 2.24) is 10.6 Å². The molecule has 31 heavy (non-hydrogen) atoms. The second kappa shape index (κ2) is 11.7. The molecule has 7 nitrogen and oxygen atoms in total. The monoisotopic (exact) mass is 426 g/mol. The molecule has 0 aliphatic rings. The molecule has 2 N–H and O–H groups in total. The van der Waals surface area contributed by atoms with E-state index in [0.717, 1.165) is 11.1 Å². The van der Waals surface area contributed by atoms with Crippen LogP contribution in [0.1, 0.15) is 42.3 Å². The van der Waals surface area contributed by atoms with Gasteiger partial charge in [-0.05, 0) is 49.6 Å². The van der Waals surface area contributed by atoms with Gasteiger partial charge in [0.25, 0.3) is 11.8 Å². The highest BCUT2D eigenvalue weighted by atomic mass is 16.5. The van der Waals surface area contributed by atoms with Crippen molar-refractivity contribution >= 4 is 17.8 Å². The van der Waals surface area contributed by atoms with Gasteiger partial charge < -0.3 is 20.1 Å². The predicted octanol–water partition coefficient (Wildman–Crippen LogP) is 3.01. The Balaban J connectivity index is 1.85. The lowest BCUT2D eigenvalue weighted by molar-refractivity contribution is -0.151. The van der Waals surface area contributed by atoms with Gasteiger partial charge in [0.05, 0.1) is 6.61 Å². The zero-order valence-corrected chi connectivity index (χ0v) is 18.4. The van der Waals surface area contributed by atoms with Crippen LogP contribution in [0.2, 0.25) is 0 Å². The fourth-order valence-electron chi connectivity index (χ4n) is 2.78. The number of amides is 2. The highest BCUT2D eigenvalue weighted by Crippen LogP contribution is 2.13. The largest absolute Gasteiger partial charge is 0.494 e. The molecule has 0 fully saturated rings. The third kappa shape index (κ3) is 7.77. The first-order chi connectivity index (χ1) is 14.8. The lowest BCUT2D eigenvalue weighted by Gasteiger charge is -2.21. The molecule has 0 spiro atoms. The molecule has 1 atom stereocenters. The van der Waals surface area contributed by atoms with E-state index >= 15 is 0 Å². The summed E-state index contributed by atoms with van der Waals surface area (Å²) in [5.74, 6) is -1.01. The average Bonchev–Trinajstić information content (AvgIpc) is 2.75. The van der Waals surface area contributed by atoms with Gasteiger partial charge in [-0.25, -0.2) is 4.79 Å². The predicted molar refractivity (Wildman–Crippen MR) is 118 cm³/mol. The number of benzene rings is 2. The standard InChI is InChI=1S/C24H30N2O5/c1-5-30-20-12-10-19(11-13-20)23(28)26-22(16(2)3)24(29)31-15-21(27)25-14-18-8-6-17(4)7-9-18/h6-13,16,22H,5,14-15H2,1-4H3,(H,25,27)(H,26,28). The molecule has 0 aliphatic heterocycles. The molecule has 2 rings (SSSR count). The van der Waals surface area contributed by atoms with E-state index in [4.69, 9.17) is 9.47 Å². The van der Waals surface area contributed by atoms with Crippen molar-refractivity contribution in [2.24, 2.45) is 5.92 Å². The highest BCUT2D eigenvalue weighted by molar-refractivity contribution is 5.97. The highest BCUT2D eigenvalue weighted by Gasteiger charge is 2.26. The fraction of sp³-hybridized carbons (Fsp3) is 0.375. The number of hydrogen-bond acceptors (Lipinski definition) is 5. The van der Waals surface area contributed by atoms with E-state index in [0.29, 0.717) is 24.5 Å². The van der Waals surface area contributed by atoms with E-state index in [1.54, 1.807) is 38.1 Å². The first-order valence-electron chi connectivity index (χ1n) is 10.3. The van der Waals surface area contributed by atoms with Crippen LogP contribution in [-0.2, 0) is 20.9 Å². The minimum atomic E-state index is -0.871. The molecule has 0 saturated heterocycles. The van der Waals surface area contributed by atoms with Crippen molar-refractivity contribution in [2.75, 3.05) is 13.2 Å². The Morgan fingerprint density at radius 3 is 2.19 bits per heavy atom. The summed E-state index contributed by atoms with van der Waals surface area (Å²) in [7, 11) is 0. The summed E-state index contributed by atoms with van der Waals surface area (Å²) >= 11 is 0. The minimum Gasteiger partial charge on any atom is -0.494 e. The Bertz CT molecular complexity index is 876. The molecule has 1 unspecified atom stereocenters. The first kappa shape index (κ1) is 23.9. The van der Waals surface area contributed by atoms with Crippen LogP contribution in [0.4, 0.5) is 0 Å². The van der Waals surface area contributed by atoms with Gasteiger partial charge in [0, 0.05) is 12.1 Å². The lowest BCUT2D eigenvalue weighted by atomic mass is 10.0. The van der Waals surface area contributed by atoms with Crippen molar-refractivity contribution in [2.45, 2.75) is 40.3 Å². The second-order valence-electron chi connectivity index (χ2n) is 7.52. The van der Waals surface area contributed by atoms with Crippen LogP contribution in [0.25, 0.3) is 0 Å². The number of hydrogen-bond donors (Lipinski definition) is 2. The van der Waals surface area contributed by atoms with Crippen molar-refractivity contribution in [3.05, 3.63) is 65.2 Å². The van der Waals surface area contributed by atoms with E-state index in [9.17, 15) is 14.4 Å². The van der Waals surface area contributed by atoms with Gasteiger partial charge in [0.1, 0.15) is 11.8 Å². The van der Waals surface area contributed by atoms with Crippen molar-refractivity contribution in [1.29, 1.82) is 0 Å². The summed E-state index contributed by atoms with van der Waals surface area (Å²) < 4.78 is 10.5. The molecule has 0 heterocycles.